The number of carboxylic acids is 1. The molecule has 1 unspecified atom stereocenters. The van der Waals surface area contributed by atoms with Crippen molar-refractivity contribution in [2.75, 3.05) is 6.54 Å². The maximum absolute atomic E-state index is 13.0. The molecule has 200 valence electrons. The second-order valence-electron chi connectivity index (χ2n) is 9.12. The number of carbonyl (C=O) groups excluding carboxylic acids is 2. The van der Waals surface area contributed by atoms with Crippen molar-refractivity contribution in [2.24, 2.45) is 5.41 Å². The molecule has 13 heteroatoms. The number of ether oxygens (including phenoxy) is 1. The van der Waals surface area contributed by atoms with E-state index in [4.69, 9.17) is 0 Å². The highest BCUT2D eigenvalue weighted by Crippen LogP contribution is 2.35. The molecule has 1 atom stereocenters. The molecular formula is C25H24F3N5O5. The van der Waals surface area contributed by atoms with Gasteiger partial charge in [0.1, 0.15) is 17.1 Å². The summed E-state index contributed by atoms with van der Waals surface area (Å²) in [4.78, 5) is 41.4. The van der Waals surface area contributed by atoms with Crippen LogP contribution in [0, 0.1) is 5.41 Å². The number of halogens is 3. The van der Waals surface area contributed by atoms with Crippen molar-refractivity contribution in [3.8, 4) is 5.75 Å². The van der Waals surface area contributed by atoms with Crippen LogP contribution >= 0.6 is 0 Å². The topological polar surface area (TPSA) is 135 Å². The lowest BCUT2D eigenvalue weighted by Crippen LogP contribution is -2.33. The lowest BCUT2D eigenvalue weighted by Gasteiger charge is -2.28. The number of carbonyl (C=O) groups is 3. The van der Waals surface area contributed by atoms with E-state index in [9.17, 15) is 32.7 Å². The third-order valence-corrected chi connectivity index (χ3v) is 6.24. The van der Waals surface area contributed by atoms with Crippen molar-refractivity contribution in [1.29, 1.82) is 0 Å². The normalized spacial score (nSPS) is 17.5. The Labute approximate surface area is 214 Å². The van der Waals surface area contributed by atoms with Crippen molar-refractivity contribution >= 4 is 23.4 Å². The molecule has 2 heterocycles. The average Bonchev–Trinajstić information content (AvgIpc) is 3.34. The number of alkyl halides is 3. The Bertz CT molecular complexity index is 1420. The molecule has 3 N–H and O–H groups in total. The summed E-state index contributed by atoms with van der Waals surface area (Å²) >= 11 is 0. The highest BCUT2D eigenvalue weighted by molar-refractivity contribution is 5.98. The number of aliphatic carboxylic acids is 1. The Balaban J connectivity index is 1.44. The number of nitrogens with one attached hydrogen (secondary N) is 2. The number of nitrogens with zero attached hydrogens (tertiary/aromatic N) is 3. The molecule has 0 saturated heterocycles. The Morgan fingerprint density at radius 1 is 1.13 bits per heavy atom. The van der Waals surface area contributed by atoms with Gasteiger partial charge in [-0.15, -0.1) is 13.2 Å². The molecule has 0 spiro atoms. The van der Waals surface area contributed by atoms with Gasteiger partial charge in [-0.3, -0.25) is 14.4 Å². The molecule has 1 aliphatic rings. The highest BCUT2D eigenvalue weighted by atomic mass is 19.4. The van der Waals surface area contributed by atoms with Gasteiger partial charge in [-0.25, -0.2) is 9.50 Å². The van der Waals surface area contributed by atoms with Gasteiger partial charge in [-0.05, 0) is 43.9 Å². The molecule has 38 heavy (non-hydrogen) atoms. The third-order valence-electron chi connectivity index (χ3n) is 6.24. The maximum Gasteiger partial charge on any atom is 0.573 e. The van der Waals surface area contributed by atoms with Crippen LogP contribution in [0.15, 0.2) is 54.2 Å². The first-order valence-electron chi connectivity index (χ1n) is 11.6. The third kappa shape index (κ3) is 6.28. The van der Waals surface area contributed by atoms with Gasteiger partial charge >= 0.3 is 12.3 Å². The zero-order valence-electron chi connectivity index (χ0n) is 20.2. The van der Waals surface area contributed by atoms with Gasteiger partial charge in [0.25, 0.3) is 11.8 Å². The van der Waals surface area contributed by atoms with E-state index >= 15 is 0 Å². The average molecular weight is 531 g/mol. The van der Waals surface area contributed by atoms with Crippen molar-refractivity contribution in [1.82, 2.24) is 25.2 Å². The quantitative estimate of drug-likeness (QED) is 0.379. The summed E-state index contributed by atoms with van der Waals surface area (Å²) in [5.74, 6) is -2.43. The first-order chi connectivity index (χ1) is 17.9. The van der Waals surface area contributed by atoms with Gasteiger partial charge in [0.2, 0.25) is 0 Å². The van der Waals surface area contributed by atoms with Crippen molar-refractivity contribution < 1.29 is 37.4 Å². The molecule has 0 bridgehead atoms. The second-order valence-corrected chi connectivity index (χ2v) is 9.12. The Hall–Kier alpha value is -4.42. The predicted octanol–water partition coefficient (Wildman–Crippen LogP) is 3.49. The molecule has 1 aromatic carbocycles. The maximum atomic E-state index is 13.0. The van der Waals surface area contributed by atoms with Gasteiger partial charge in [0.05, 0.1) is 11.6 Å². The molecule has 4 rings (SSSR count). The molecule has 3 aromatic rings. The number of aromatic nitrogens is 3. The van der Waals surface area contributed by atoms with Gasteiger partial charge in [-0.1, -0.05) is 23.8 Å². The number of benzene rings is 1. The number of rotatable bonds is 8. The highest BCUT2D eigenvalue weighted by Gasteiger charge is 2.34. The summed E-state index contributed by atoms with van der Waals surface area (Å²) in [7, 11) is 0. The van der Waals surface area contributed by atoms with Crippen molar-refractivity contribution in [3.63, 3.8) is 0 Å². The number of carboxylic acid groups (broad SMARTS) is 1. The van der Waals surface area contributed by atoms with Crippen LogP contribution in [0.1, 0.15) is 52.7 Å². The van der Waals surface area contributed by atoms with Gasteiger partial charge in [0.15, 0.2) is 5.65 Å². The number of hydrogen-bond donors (Lipinski definition) is 3. The SMILES string of the molecule is CC1(C(=O)O)CC=C(CNC(=O)c2cc(C(=O)NCc3cccc(OC(F)(F)F)c3)nc3ccnn23)CC1. The van der Waals surface area contributed by atoms with Crippen LogP contribution < -0.4 is 15.4 Å². The van der Waals surface area contributed by atoms with Crippen LogP contribution in [0.5, 0.6) is 5.75 Å². The fourth-order valence-corrected chi connectivity index (χ4v) is 3.97. The van der Waals surface area contributed by atoms with Crippen molar-refractivity contribution in [2.45, 2.75) is 39.1 Å². The summed E-state index contributed by atoms with van der Waals surface area (Å²) in [5.41, 5.74) is 0.658. The molecule has 2 aromatic heterocycles. The first kappa shape index (κ1) is 26.6. The fraction of sp³-hybridized carbons (Fsp3) is 0.320. The van der Waals surface area contributed by atoms with E-state index in [-0.39, 0.29) is 30.1 Å². The fourth-order valence-electron chi connectivity index (χ4n) is 3.97. The van der Waals surface area contributed by atoms with E-state index < -0.39 is 35.3 Å². The van der Waals surface area contributed by atoms with Gasteiger partial charge in [0, 0.05) is 25.2 Å². The lowest BCUT2D eigenvalue weighted by molar-refractivity contribution is -0.274. The number of hydrogen-bond acceptors (Lipinski definition) is 6. The minimum Gasteiger partial charge on any atom is -0.481 e. The van der Waals surface area contributed by atoms with E-state index in [1.54, 1.807) is 6.92 Å². The van der Waals surface area contributed by atoms with Gasteiger partial charge in [-0.2, -0.15) is 5.10 Å². The standard InChI is InChI=1S/C25H24F3N5O5/c1-24(23(36)37)8-5-15(6-9-24)13-30-22(35)19-12-18(32-20-7-10-31-33(19)20)21(34)29-14-16-3-2-4-17(11-16)38-25(26,27)28/h2-5,7,10-12H,6,8-9,13-14H2,1H3,(H,29,34)(H,30,35)(H,36,37). The number of allylic oxidation sites excluding steroid dienone is 1. The minimum atomic E-state index is -4.84. The zero-order chi connectivity index (χ0) is 27.5. The largest absolute Gasteiger partial charge is 0.573 e. The summed E-state index contributed by atoms with van der Waals surface area (Å²) in [6.45, 7) is 1.79. The summed E-state index contributed by atoms with van der Waals surface area (Å²) in [6, 6.07) is 7.97. The van der Waals surface area contributed by atoms with Crippen LogP contribution in [0.4, 0.5) is 13.2 Å². The minimum absolute atomic E-state index is 0.0532. The molecule has 2 amide bonds. The lowest BCUT2D eigenvalue weighted by atomic mass is 9.76. The summed E-state index contributed by atoms with van der Waals surface area (Å²) in [5, 5.41) is 18.8. The van der Waals surface area contributed by atoms with E-state index in [1.807, 2.05) is 6.08 Å². The smallest absolute Gasteiger partial charge is 0.481 e. The van der Waals surface area contributed by atoms with Crippen LogP contribution in [-0.2, 0) is 11.3 Å². The monoisotopic (exact) mass is 531 g/mol. The number of fused-ring (bicyclic) bond motifs is 1. The predicted molar refractivity (Wildman–Crippen MR) is 127 cm³/mol. The van der Waals surface area contributed by atoms with E-state index in [1.165, 1.54) is 35.0 Å². The molecule has 0 aliphatic heterocycles. The molecule has 1 aliphatic carbocycles. The van der Waals surface area contributed by atoms with Crippen LogP contribution in [0.25, 0.3) is 5.65 Å². The van der Waals surface area contributed by atoms with E-state index in [2.05, 4.69) is 25.5 Å². The van der Waals surface area contributed by atoms with Gasteiger partial charge < -0.3 is 20.5 Å². The zero-order valence-corrected chi connectivity index (χ0v) is 20.2. The van der Waals surface area contributed by atoms with E-state index in [0.717, 1.165) is 17.7 Å². The van der Waals surface area contributed by atoms with Crippen LogP contribution in [0.2, 0.25) is 0 Å². The molecule has 0 radical (unpaired) electrons. The van der Waals surface area contributed by atoms with Crippen molar-refractivity contribution in [3.05, 3.63) is 71.2 Å². The number of amides is 2. The molecular weight excluding hydrogens is 507 g/mol. The second kappa shape index (κ2) is 10.5. The van der Waals surface area contributed by atoms with E-state index in [0.29, 0.717) is 24.8 Å². The molecule has 0 fully saturated rings. The summed E-state index contributed by atoms with van der Waals surface area (Å²) in [6.07, 6.45) is -0.250. The first-order valence-corrected chi connectivity index (χ1v) is 11.6. The van der Waals surface area contributed by atoms with Crippen LogP contribution in [-0.4, -0.2) is 50.4 Å². The van der Waals surface area contributed by atoms with Crippen LogP contribution in [0.3, 0.4) is 0 Å². The Morgan fingerprint density at radius 3 is 2.58 bits per heavy atom. The summed E-state index contributed by atoms with van der Waals surface area (Å²) < 4.78 is 42.6. The Kier molecular flexibility index (Phi) is 7.37. The Morgan fingerprint density at radius 2 is 1.89 bits per heavy atom. The molecule has 10 nitrogen and oxygen atoms in total. The molecule has 0 saturated carbocycles.